The largest absolute Gasteiger partial charge is 0.494 e. The van der Waals surface area contributed by atoms with E-state index in [1.807, 2.05) is 24.3 Å². The summed E-state index contributed by atoms with van der Waals surface area (Å²) < 4.78 is 11.2. The molecule has 4 heteroatoms. The van der Waals surface area contributed by atoms with Crippen LogP contribution in [0.15, 0.2) is 24.3 Å². The molecule has 0 bridgehead atoms. The Morgan fingerprint density at radius 3 is 3.11 bits per heavy atom. The standard InChI is InChI=1S/C15H20O4/c1-2-8-18-12-6-3-5-11(10-12)14-13(15(16)17)7-4-9-19-14/h3,5-6,10,13-14H,2,4,7-9H2,1H3,(H,16,17). The second kappa shape index (κ2) is 6.57. The number of ether oxygens (including phenoxy) is 2. The fraction of sp³-hybridized carbons (Fsp3) is 0.533. The van der Waals surface area contributed by atoms with Crippen LogP contribution in [-0.4, -0.2) is 24.3 Å². The third-order valence-electron chi connectivity index (χ3n) is 3.30. The molecule has 1 aliphatic rings. The first-order valence-electron chi connectivity index (χ1n) is 6.79. The minimum atomic E-state index is -0.787. The van der Waals surface area contributed by atoms with Gasteiger partial charge in [-0.25, -0.2) is 0 Å². The first-order valence-corrected chi connectivity index (χ1v) is 6.79. The molecule has 2 atom stereocenters. The van der Waals surface area contributed by atoms with Crippen LogP contribution in [0.4, 0.5) is 0 Å². The number of rotatable bonds is 5. The average Bonchev–Trinajstić information content (AvgIpc) is 2.45. The second-order valence-corrected chi connectivity index (χ2v) is 4.80. The van der Waals surface area contributed by atoms with Gasteiger partial charge in [-0.2, -0.15) is 0 Å². The van der Waals surface area contributed by atoms with Gasteiger partial charge in [0.25, 0.3) is 0 Å². The Kier molecular flexibility index (Phi) is 4.80. The van der Waals surface area contributed by atoms with Crippen molar-refractivity contribution in [1.29, 1.82) is 0 Å². The van der Waals surface area contributed by atoms with Gasteiger partial charge in [0.2, 0.25) is 0 Å². The lowest BCUT2D eigenvalue weighted by atomic mass is 9.89. The van der Waals surface area contributed by atoms with Crippen LogP contribution < -0.4 is 4.74 Å². The highest BCUT2D eigenvalue weighted by Crippen LogP contribution is 2.35. The van der Waals surface area contributed by atoms with E-state index in [2.05, 4.69) is 6.92 Å². The van der Waals surface area contributed by atoms with E-state index in [1.165, 1.54) is 0 Å². The first kappa shape index (κ1) is 13.9. The van der Waals surface area contributed by atoms with Gasteiger partial charge in [0.1, 0.15) is 5.75 Å². The van der Waals surface area contributed by atoms with Crippen molar-refractivity contribution >= 4 is 5.97 Å². The molecule has 104 valence electrons. The van der Waals surface area contributed by atoms with E-state index in [4.69, 9.17) is 9.47 Å². The fourth-order valence-electron chi connectivity index (χ4n) is 2.36. The van der Waals surface area contributed by atoms with E-state index < -0.39 is 11.9 Å². The van der Waals surface area contributed by atoms with E-state index in [0.29, 0.717) is 19.6 Å². The molecule has 0 amide bonds. The quantitative estimate of drug-likeness (QED) is 0.888. The van der Waals surface area contributed by atoms with E-state index in [9.17, 15) is 9.90 Å². The minimum Gasteiger partial charge on any atom is -0.494 e. The molecule has 1 aromatic carbocycles. The van der Waals surface area contributed by atoms with Crippen molar-refractivity contribution in [2.24, 2.45) is 5.92 Å². The number of hydrogen-bond acceptors (Lipinski definition) is 3. The predicted octanol–water partition coefficient (Wildman–Crippen LogP) is 3.03. The summed E-state index contributed by atoms with van der Waals surface area (Å²) in [4.78, 5) is 11.3. The molecule has 1 aliphatic heterocycles. The molecule has 2 unspecified atom stereocenters. The molecule has 1 N–H and O–H groups in total. The van der Waals surface area contributed by atoms with Gasteiger partial charge < -0.3 is 14.6 Å². The van der Waals surface area contributed by atoms with Crippen molar-refractivity contribution in [3.8, 4) is 5.75 Å². The molecule has 19 heavy (non-hydrogen) atoms. The van der Waals surface area contributed by atoms with Crippen molar-refractivity contribution in [2.75, 3.05) is 13.2 Å². The summed E-state index contributed by atoms with van der Waals surface area (Å²) in [6.07, 6.45) is 2.05. The zero-order valence-corrected chi connectivity index (χ0v) is 11.2. The number of benzene rings is 1. The van der Waals surface area contributed by atoms with Crippen LogP contribution in [0.1, 0.15) is 37.9 Å². The number of carboxylic acid groups (broad SMARTS) is 1. The number of aliphatic carboxylic acids is 1. The summed E-state index contributed by atoms with van der Waals surface area (Å²) in [6, 6.07) is 7.57. The lowest BCUT2D eigenvalue weighted by molar-refractivity contribution is -0.151. The Labute approximate surface area is 113 Å². The Morgan fingerprint density at radius 1 is 1.53 bits per heavy atom. The zero-order valence-electron chi connectivity index (χ0n) is 11.2. The predicted molar refractivity (Wildman–Crippen MR) is 71.3 cm³/mol. The first-order chi connectivity index (χ1) is 9.22. The Hall–Kier alpha value is -1.55. The van der Waals surface area contributed by atoms with Crippen molar-refractivity contribution in [3.05, 3.63) is 29.8 Å². The van der Waals surface area contributed by atoms with Gasteiger partial charge in [-0.3, -0.25) is 4.79 Å². The molecule has 1 heterocycles. The van der Waals surface area contributed by atoms with E-state index in [1.54, 1.807) is 0 Å². The molecule has 0 aromatic heterocycles. The molecular weight excluding hydrogens is 244 g/mol. The van der Waals surface area contributed by atoms with Crippen LogP contribution in [0.2, 0.25) is 0 Å². The molecule has 0 spiro atoms. The van der Waals surface area contributed by atoms with Crippen molar-refractivity contribution in [1.82, 2.24) is 0 Å². The van der Waals surface area contributed by atoms with Crippen molar-refractivity contribution < 1.29 is 19.4 Å². The minimum absolute atomic E-state index is 0.364. The van der Waals surface area contributed by atoms with Crippen LogP contribution in [-0.2, 0) is 9.53 Å². The van der Waals surface area contributed by atoms with E-state index >= 15 is 0 Å². The summed E-state index contributed by atoms with van der Waals surface area (Å²) in [6.45, 7) is 3.33. The lowest BCUT2D eigenvalue weighted by Gasteiger charge is -2.29. The molecular formula is C15H20O4. The zero-order chi connectivity index (χ0) is 13.7. The van der Waals surface area contributed by atoms with Crippen LogP contribution >= 0.6 is 0 Å². The fourth-order valence-corrected chi connectivity index (χ4v) is 2.36. The molecule has 2 rings (SSSR count). The summed E-state index contributed by atoms with van der Waals surface area (Å²) in [7, 11) is 0. The average molecular weight is 264 g/mol. The highest BCUT2D eigenvalue weighted by atomic mass is 16.5. The van der Waals surface area contributed by atoms with Gasteiger partial charge in [0.15, 0.2) is 0 Å². The lowest BCUT2D eigenvalue weighted by Crippen LogP contribution is -2.28. The second-order valence-electron chi connectivity index (χ2n) is 4.80. The summed E-state index contributed by atoms with van der Waals surface area (Å²) in [5, 5.41) is 9.27. The SMILES string of the molecule is CCCOc1cccc(C2OCCCC2C(=O)O)c1. The van der Waals surface area contributed by atoms with Crippen LogP contribution in [0.5, 0.6) is 5.75 Å². The smallest absolute Gasteiger partial charge is 0.309 e. The highest BCUT2D eigenvalue weighted by Gasteiger charge is 2.33. The third kappa shape index (κ3) is 3.47. The molecule has 0 saturated carbocycles. The number of hydrogen-bond donors (Lipinski definition) is 1. The summed E-state index contributed by atoms with van der Waals surface area (Å²) in [5.74, 6) is -0.475. The molecule has 4 nitrogen and oxygen atoms in total. The normalized spacial score (nSPS) is 23.0. The van der Waals surface area contributed by atoms with Gasteiger partial charge >= 0.3 is 5.97 Å². The molecule has 0 aliphatic carbocycles. The van der Waals surface area contributed by atoms with Crippen molar-refractivity contribution in [3.63, 3.8) is 0 Å². The van der Waals surface area contributed by atoms with Gasteiger partial charge in [-0.15, -0.1) is 0 Å². The maximum Gasteiger partial charge on any atom is 0.309 e. The topological polar surface area (TPSA) is 55.8 Å². The number of carbonyl (C=O) groups is 1. The highest BCUT2D eigenvalue weighted by molar-refractivity contribution is 5.71. The number of carboxylic acids is 1. The Morgan fingerprint density at radius 2 is 2.37 bits per heavy atom. The van der Waals surface area contributed by atoms with Gasteiger partial charge in [-0.05, 0) is 37.0 Å². The summed E-state index contributed by atoms with van der Waals surface area (Å²) in [5.41, 5.74) is 0.890. The molecule has 1 saturated heterocycles. The summed E-state index contributed by atoms with van der Waals surface area (Å²) >= 11 is 0. The van der Waals surface area contributed by atoms with Crippen LogP contribution in [0, 0.1) is 5.92 Å². The van der Waals surface area contributed by atoms with Gasteiger partial charge in [0, 0.05) is 6.61 Å². The van der Waals surface area contributed by atoms with Crippen LogP contribution in [0.25, 0.3) is 0 Å². The van der Waals surface area contributed by atoms with E-state index in [0.717, 1.165) is 24.2 Å². The van der Waals surface area contributed by atoms with Gasteiger partial charge in [0.05, 0.1) is 18.6 Å². The molecule has 1 aromatic rings. The third-order valence-corrected chi connectivity index (χ3v) is 3.30. The van der Waals surface area contributed by atoms with Gasteiger partial charge in [-0.1, -0.05) is 19.1 Å². The van der Waals surface area contributed by atoms with Crippen LogP contribution in [0.3, 0.4) is 0 Å². The van der Waals surface area contributed by atoms with E-state index in [-0.39, 0.29) is 6.10 Å². The molecule has 1 fully saturated rings. The molecule has 0 radical (unpaired) electrons. The maximum absolute atomic E-state index is 11.3. The maximum atomic E-state index is 11.3. The monoisotopic (exact) mass is 264 g/mol. The Balaban J connectivity index is 2.16. The van der Waals surface area contributed by atoms with Crippen molar-refractivity contribution in [2.45, 2.75) is 32.3 Å². The Bertz CT molecular complexity index is 430.